The van der Waals surface area contributed by atoms with Gasteiger partial charge in [-0.1, -0.05) is 42.6 Å². The molecule has 1 aliphatic carbocycles. The fourth-order valence-corrected chi connectivity index (χ4v) is 6.77. The molecule has 2 aliphatic heterocycles. The van der Waals surface area contributed by atoms with Gasteiger partial charge < -0.3 is 4.90 Å². The number of rotatable bonds is 5. The van der Waals surface area contributed by atoms with Crippen molar-refractivity contribution in [3.05, 3.63) is 51.4 Å². The Morgan fingerprint density at radius 2 is 1.94 bits per heavy atom. The van der Waals surface area contributed by atoms with Crippen LogP contribution in [0.3, 0.4) is 0 Å². The zero-order chi connectivity index (χ0) is 22.3. The minimum Gasteiger partial charge on any atom is -0.333 e. The second-order valence-electron chi connectivity index (χ2n) is 9.04. The van der Waals surface area contributed by atoms with Crippen molar-refractivity contribution in [2.45, 2.75) is 68.9 Å². The molecule has 6 nitrogen and oxygen atoms in total. The second-order valence-corrected chi connectivity index (χ2v) is 10.4. The number of hydrogen-bond acceptors (Lipinski definition) is 5. The molecule has 0 bridgehead atoms. The van der Waals surface area contributed by atoms with Gasteiger partial charge in [0.1, 0.15) is 5.01 Å². The molecule has 168 valence electrons. The van der Waals surface area contributed by atoms with Crippen molar-refractivity contribution >= 4 is 40.7 Å². The summed E-state index contributed by atoms with van der Waals surface area (Å²) in [6.07, 6.45) is 7.16. The average molecular weight is 472 g/mol. The number of thiazole rings is 1. The van der Waals surface area contributed by atoms with Crippen LogP contribution in [0.2, 0.25) is 5.02 Å². The van der Waals surface area contributed by atoms with Crippen molar-refractivity contribution in [1.82, 2.24) is 14.8 Å². The first-order valence-electron chi connectivity index (χ1n) is 11.3. The molecule has 2 saturated heterocycles. The maximum atomic E-state index is 13.9. The summed E-state index contributed by atoms with van der Waals surface area (Å²) in [4.78, 5) is 48.4. The van der Waals surface area contributed by atoms with Crippen LogP contribution in [0.4, 0.5) is 0 Å². The summed E-state index contributed by atoms with van der Waals surface area (Å²) in [6.45, 7) is 0.635. The van der Waals surface area contributed by atoms with E-state index in [1.54, 1.807) is 35.7 Å². The Balaban J connectivity index is 1.50. The highest BCUT2D eigenvalue weighted by Crippen LogP contribution is 2.46. The number of carbonyl (C=O) groups is 3. The number of nitrogens with zero attached hydrogens (tertiary/aromatic N) is 3. The van der Waals surface area contributed by atoms with Crippen LogP contribution in [0.1, 0.15) is 68.0 Å². The lowest BCUT2D eigenvalue weighted by atomic mass is 9.75. The molecule has 1 aromatic carbocycles. The molecule has 0 radical (unpaired) electrons. The lowest BCUT2D eigenvalue weighted by Crippen LogP contribution is -2.46. The lowest BCUT2D eigenvalue weighted by molar-refractivity contribution is -0.145. The minimum atomic E-state index is -1.24. The van der Waals surface area contributed by atoms with Gasteiger partial charge in [-0.15, -0.1) is 11.3 Å². The average Bonchev–Trinajstić information content (AvgIpc) is 3.57. The Bertz CT molecular complexity index is 1040. The first-order valence-corrected chi connectivity index (χ1v) is 12.6. The third kappa shape index (κ3) is 3.55. The minimum absolute atomic E-state index is 0.00638. The quantitative estimate of drug-likeness (QED) is 0.602. The van der Waals surface area contributed by atoms with Gasteiger partial charge in [-0.3, -0.25) is 19.3 Å². The smallest absolute Gasteiger partial charge is 0.241 e. The lowest BCUT2D eigenvalue weighted by Gasteiger charge is -2.32. The summed E-state index contributed by atoms with van der Waals surface area (Å²) >= 11 is 8.10. The standard InChI is InChI=1S/C24H26ClN3O3S/c25-18-9-4-3-8-17(18)24(15-21(30)28(23(24)31)16-6-1-2-7-16)14-20(29)27-12-5-10-19(27)22-26-11-13-32-22/h3-4,8-9,11,13,16,19H,1-2,5-7,10,12,14-15H2/t19-,24-/m0/s1. The van der Waals surface area contributed by atoms with Crippen LogP contribution in [-0.4, -0.2) is 45.1 Å². The fraction of sp³-hybridized carbons (Fsp3) is 0.500. The van der Waals surface area contributed by atoms with Gasteiger partial charge >= 0.3 is 0 Å². The molecule has 32 heavy (non-hydrogen) atoms. The van der Waals surface area contributed by atoms with E-state index in [1.165, 1.54) is 4.90 Å². The van der Waals surface area contributed by atoms with Crippen LogP contribution in [0.25, 0.3) is 0 Å². The fourth-order valence-electron chi connectivity index (χ4n) is 5.67. The number of amides is 3. The molecule has 2 atom stereocenters. The maximum Gasteiger partial charge on any atom is 0.241 e. The number of carbonyl (C=O) groups excluding carboxylic acids is 3. The van der Waals surface area contributed by atoms with Crippen molar-refractivity contribution in [2.24, 2.45) is 0 Å². The maximum absolute atomic E-state index is 13.9. The van der Waals surface area contributed by atoms with Crippen molar-refractivity contribution in [3.8, 4) is 0 Å². The van der Waals surface area contributed by atoms with Crippen molar-refractivity contribution in [3.63, 3.8) is 0 Å². The topological polar surface area (TPSA) is 70.6 Å². The molecule has 2 aromatic rings. The third-order valence-electron chi connectivity index (χ3n) is 7.19. The molecule has 3 heterocycles. The van der Waals surface area contributed by atoms with Crippen LogP contribution in [0, 0.1) is 0 Å². The van der Waals surface area contributed by atoms with E-state index in [9.17, 15) is 14.4 Å². The summed E-state index contributed by atoms with van der Waals surface area (Å²) < 4.78 is 0. The van der Waals surface area contributed by atoms with Crippen molar-refractivity contribution in [1.29, 1.82) is 0 Å². The number of hydrogen-bond donors (Lipinski definition) is 0. The number of imide groups is 1. The molecule has 0 spiro atoms. The van der Waals surface area contributed by atoms with Crippen molar-refractivity contribution < 1.29 is 14.4 Å². The van der Waals surface area contributed by atoms with E-state index in [-0.39, 0.29) is 42.6 Å². The summed E-state index contributed by atoms with van der Waals surface area (Å²) in [7, 11) is 0. The van der Waals surface area contributed by atoms with Gasteiger partial charge in [0.25, 0.3) is 0 Å². The van der Waals surface area contributed by atoms with Crippen LogP contribution in [0.5, 0.6) is 0 Å². The van der Waals surface area contributed by atoms with Gasteiger partial charge in [-0.05, 0) is 37.3 Å². The molecule has 5 rings (SSSR count). The molecule has 1 saturated carbocycles. The Kier molecular flexibility index (Phi) is 5.80. The predicted molar refractivity (Wildman–Crippen MR) is 122 cm³/mol. The molecule has 3 fully saturated rings. The number of aromatic nitrogens is 1. The summed E-state index contributed by atoms with van der Waals surface area (Å²) in [5, 5.41) is 3.26. The van der Waals surface area contributed by atoms with Crippen LogP contribution >= 0.6 is 22.9 Å². The number of likely N-dealkylation sites (tertiary alicyclic amines) is 2. The molecule has 0 N–H and O–H groups in total. The van der Waals surface area contributed by atoms with E-state index < -0.39 is 5.41 Å². The Labute approximate surface area is 196 Å². The Morgan fingerprint density at radius 3 is 2.66 bits per heavy atom. The van der Waals surface area contributed by atoms with Gasteiger partial charge in [0.2, 0.25) is 17.7 Å². The van der Waals surface area contributed by atoms with Gasteiger partial charge in [0.15, 0.2) is 0 Å². The highest BCUT2D eigenvalue weighted by Gasteiger charge is 2.57. The normalized spacial score (nSPS) is 26.5. The zero-order valence-corrected chi connectivity index (χ0v) is 19.4. The zero-order valence-electron chi connectivity index (χ0n) is 17.8. The highest BCUT2D eigenvalue weighted by atomic mass is 35.5. The third-order valence-corrected chi connectivity index (χ3v) is 8.40. The van der Waals surface area contributed by atoms with Crippen LogP contribution < -0.4 is 0 Å². The van der Waals surface area contributed by atoms with Crippen LogP contribution in [-0.2, 0) is 19.8 Å². The van der Waals surface area contributed by atoms with E-state index >= 15 is 0 Å². The van der Waals surface area contributed by atoms with Crippen LogP contribution in [0.15, 0.2) is 35.8 Å². The summed E-state index contributed by atoms with van der Waals surface area (Å²) in [5.74, 6) is -0.564. The summed E-state index contributed by atoms with van der Waals surface area (Å²) in [6, 6.07) is 7.01. The number of halogens is 1. The Hall–Kier alpha value is -2.25. The largest absolute Gasteiger partial charge is 0.333 e. The van der Waals surface area contributed by atoms with E-state index in [0.29, 0.717) is 17.1 Å². The van der Waals surface area contributed by atoms with Gasteiger partial charge in [0, 0.05) is 42.0 Å². The van der Waals surface area contributed by atoms with Gasteiger partial charge in [0.05, 0.1) is 11.5 Å². The highest BCUT2D eigenvalue weighted by molar-refractivity contribution is 7.09. The van der Waals surface area contributed by atoms with E-state index in [1.807, 2.05) is 16.3 Å². The predicted octanol–water partition coefficient (Wildman–Crippen LogP) is 4.49. The molecule has 8 heteroatoms. The molecule has 3 amide bonds. The molecular weight excluding hydrogens is 446 g/mol. The number of benzene rings is 1. The second kappa shape index (κ2) is 8.60. The van der Waals surface area contributed by atoms with Crippen molar-refractivity contribution in [2.75, 3.05) is 6.54 Å². The molecule has 0 unspecified atom stereocenters. The molecular formula is C24H26ClN3O3S. The molecule has 3 aliphatic rings. The first-order chi connectivity index (χ1) is 15.5. The van der Waals surface area contributed by atoms with E-state index in [2.05, 4.69) is 4.98 Å². The first kappa shape index (κ1) is 21.6. The van der Waals surface area contributed by atoms with E-state index in [0.717, 1.165) is 43.5 Å². The molecule has 1 aromatic heterocycles. The van der Waals surface area contributed by atoms with Gasteiger partial charge in [-0.25, -0.2) is 4.98 Å². The monoisotopic (exact) mass is 471 g/mol. The summed E-state index contributed by atoms with van der Waals surface area (Å²) in [5.41, 5.74) is -0.663. The van der Waals surface area contributed by atoms with Gasteiger partial charge in [-0.2, -0.15) is 0 Å². The van der Waals surface area contributed by atoms with E-state index in [4.69, 9.17) is 11.6 Å². The Morgan fingerprint density at radius 1 is 1.16 bits per heavy atom. The SMILES string of the molecule is O=C1C[C@@](CC(=O)N2CCC[C@H]2c2nccs2)(c2ccccc2Cl)C(=O)N1C1CCCC1.